The van der Waals surface area contributed by atoms with E-state index in [9.17, 15) is 4.79 Å². The van der Waals surface area contributed by atoms with Crippen LogP contribution in [0.4, 0.5) is 0 Å². The molecule has 1 aromatic rings. The van der Waals surface area contributed by atoms with Gasteiger partial charge in [0.25, 0.3) is 0 Å². The van der Waals surface area contributed by atoms with Gasteiger partial charge in [-0.1, -0.05) is 30.3 Å². The Hall–Kier alpha value is -1.19. The highest BCUT2D eigenvalue weighted by Gasteiger charge is 2.22. The second kappa shape index (κ2) is 5.05. The van der Waals surface area contributed by atoms with Crippen molar-refractivity contribution in [1.82, 2.24) is 0 Å². The maximum atomic E-state index is 10.5. The largest absolute Gasteiger partial charge is 0.346 e. The second-order valence-electron chi connectivity index (χ2n) is 3.61. The van der Waals surface area contributed by atoms with Gasteiger partial charge in [0.2, 0.25) is 6.29 Å². The topological polar surface area (TPSA) is 35.5 Å². The molecule has 0 spiro atoms. The zero-order valence-corrected chi connectivity index (χ0v) is 8.46. The lowest BCUT2D eigenvalue weighted by atomic mass is 10.1. The first-order chi connectivity index (χ1) is 7.38. The fourth-order valence-electron chi connectivity index (χ4n) is 1.71. The molecule has 1 heterocycles. The van der Waals surface area contributed by atoms with Crippen molar-refractivity contribution in [2.75, 3.05) is 6.61 Å². The van der Waals surface area contributed by atoms with Crippen molar-refractivity contribution in [1.29, 1.82) is 0 Å². The summed E-state index contributed by atoms with van der Waals surface area (Å²) in [4.78, 5) is 10.5. The maximum absolute atomic E-state index is 10.5. The van der Waals surface area contributed by atoms with Crippen molar-refractivity contribution in [3.63, 3.8) is 0 Å². The Balaban J connectivity index is 1.92. The predicted octanol–water partition coefficient (Wildman–Crippen LogP) is 1.56. The molecule has 1 aliphatic heterocycles. The number of hydrogen-bond donors (Lipinski definition) is 0. The summed E-state index contributed by atoms with van der Waals surface area (Å²) < 4.78 is 10.6. The molecule has 15 heavy (non-hydrogen) atoms. The van der Waals surface area contributed by atoms with Gasteiger partial charge in [0, 0.05) is 0 Å². The highest BCUT2D eigenvalue weighted by Crippen LogP contribution is 2.15. The van der Waals surface area contributed by atoms with Crippen LogP contribution in [0.25, 0.3) is 0 Å². The van der Waals surface area contributed by atoms with Gasteiger partial charge in [-0.3, -0.25) is 4.79 Å². The summed E-state index contributed by atoms with van der Waals surface area (Å²) in [5, 5.41) is 0. The minimum Gasteiger partial charge on any atom is -0.346 e. The molecule has 0 saturated carbocycles. The van der Waals surface area contributed by atoms with Crippen LogP contribution in [0.5, 0.6) is 0 Å². The van der Waals surface area contributed by atoms with Crippen LogP contribution < -0.4 is 0 Å². The van der Waals surface area contributed by atoms with Gasteiger partial charge >= 0.3 is 0 Å². The van der Waals surface area contributed by atoms with Crippen LogP contribution >= 0.6 is 0 Å². The van der Waals surface area contributed by atoms with Crippen LogP contribution in [0.2, 0.25) is 0 Å². The quantitative estimate of drug-likeness (QED) is 0.704. The van der Waals surface area contributed by atoms with Gasteiger partial charge in [-0.2, -0.15) is 0 Å². The van der Waals surface area contributed by atoms with Crippen LogP contribution in [-0.4, -0.2) is 25.3 Å². The molecule has 1 aromatic carbocycles. The van der Waals surface area contributed by atoms with Crippen LogP contribution in [0.3, 0.4) is 0 Å². The molecule has 3 nitrogen and oxygen atoms in total. The first-order valence-corrected chi connectivity index (χ1v) is 5.15. The Labute approximate surface area is 89.0 Å². The number of benzene rings is 1. The Morgan fingerprint density at radius 2 is 2.13 bits per heavy atom. The van der Waals surface area contributed by atoms with Crippen molar-refractivity contribution >= 4 is 6.29 Å². The van der Waals surface area contributed by atoms with Gasteiger partial charge in [-0.05, 0) is 18.4 Å². The number of rotatable bonds is 3. The maximum Gasteiger partial charge on any atom is 0.214 e. The molecule has 0 aromatic heterocycles. The molecule has 2 rings (SSSR count). The second-order valence-corrected chi connectivity index (χ2v) is 3.61. The fraction of sp³-hybridized carbons (Fsp3) is 0.417. The summed E-state index contributed by atoms with van der Waals surface area (Å²) >= 11 is 0. The molecule has 0 bridgehead atoms. The van der Waals surface area contributed by atoms with E-state index in [4.69, 9.17) is 9.47 Å². The average molecular weight is 206 g/mol. The summed E-state index contributed by atoms with van der Waals surface area (Å²) in [5.74, 6) is 0. The molecular formula is C12H14O3. The third-order valence-electron chi connectivity index (χ3n) is 2.47. The van der Waals surface area contributed by atoms with E-state index in [-0.39, 0.29) is 6.10 Å². The van der Waals surface area contributed by atoms with E-state index in [0.29, 0.717) is 12.9 Å². The van der Waals surface area contributed by atoms with E-state index in [2.05, 4.69) is 12.1 Å². The van der Waals surface area contributed by atoms with E-state index in [1.807, 2.05) is 18.2 Å². The first kappa shape index (κ1) is 10.3. The number of carbonyl (C=O) groups is 1. The van der Waals surface area contributed by atoms with Crippen molar-refractivity contribution in [2.45, 2.75) is 25.2 Å². The molecule has 0 amide bonds. The Kier molecular flexibility index (Phi) is 3.48. The highest BCUT2D eigenvalue weighted by molar-refractivity contribution is 5.53. The Bertz CT molecular complexity index is 310. The predicted molar refractivity (Wildman–Crippen MR) is 55.4 cm³/mol. The van der Waals surface area contributed by atoms with Gasteiger partial charge in [0.1, 0.15) is 0 Å². The fourth-order valence-corrected chi connectivity index (χ4v) is 1.71. The van der Waals surface area contributed by atoms with Crippen LogP contribution in [0.15, 0.2) is 30.3 Å². The van der Waals surface area contributed by atoms with Crippen molar-refractivity contribution < 1.29 is 14.3 Å². The lowest BCUT2D eigenvalue weighted by Crippen LogP contribution is -2.34. The summed E-state index contributed by atoms with van der Waals surface area (Å²) in [6.07, 6.45) is 1.81. The van der Waals surface area contributed by atoms with Gasteiger partial charge in [-0.25, -0.2) is 0 Å². The monoisotopic (exact) mass is 206 g/mol. The smallest absolute Gasteiger partial charge is 0.214 e. The number of aldehydes is 1. The van der Waals surface area contributed by atoms with Crippen LogP contribution in [-0.2, 0) is 20.7 Å². The molecule has 2 atom stereocenters. The Morgan fingerprint density at radius 3 is 2.87 bits per heavy atom. The number of ether oxygens (including phenoxy) is 2. The molecular weight excluding hydrogens is 192 g/mol. The number of hydrogen-bond acceptors (Lipinski definition) is 3. The van der Waals surface area contributed by atoms with Crippen molar-refractivity contribution in [3.05, 3.63) is 35.9 Å². The molecule has 1 fully saturated rings. The van der Waals surface area contributed by atoms with Crippen LogP contribution in [0.1, 0.15) is 12.0 Å². The van der Waals surface area contributed by atoms with Gasteiger partial charge in [0.05, 0.1) is 12.7 Å². The summed E-state index contributed by atoms with van der Waals surface area (Å²) in [6.45, 7) is 0.598. The van der Waals surface area contributed by atoms with E-state index < -0.39 is 6.29 Å². The van der Waals surface area contributed by atoms with Crippen LogP contribution in [0, 0.1) is 0 Å². The molecule has 1 aliphatic rings. The SMILES string of the molecule is O=CC1OCCC(Cc2ccccc2)O1. The molecule has 0 N–H and O–H groups in total. The standard InChI is InChI=1S/C12H14O3/c13-9-12-14-7-6-11(15-12)8-10-4-2-1-3-5-10/h1-5,9,11-12H,6-8H2. The van der Waals surface area contributed by atoms with Gasteiger partial charge < -0.3 is 9.47 Å². The summed E-state index contributed by atoms with van der Waals surface area (Å²) in [7, 11) is 0. The minimum atomic E-state index is -0.674. The zero-order valence-electron chi connectivity index (χ0n) is 8.46. The van der Waals surface area contributed by atoms with E-state index in [1.54, 1.807) is 0 Å². The molecule has 1 saturated heterocycles. The molecule has 0 radical (unpaired) electrons. The van der Waals surface area contributed by atoms with E-state index in [1.165, 1.54) is 5.56 Å². The highest BCUT2D eigenvalue weighted by atomic mass is 16.7. The average Bonchev–Trinajstić information content (AvgIpc) is 2.31. The normalized spacial score (nSPS) is 26.1. The van der Waals surface area contributed by atoms with Gasteiger partial charge in [-0.15, -0.1) is 0 Å². The minimum absolute atomic E-state index is 0.0938. The lowest BCUT2D eigenvalue weighted by molar-refractivity contribution is -0.201. The van der Waals surface area contributed by atoms with Crippen molar-refractivity contribution in [3.8, 4) is 0 Å². The molecule has 0 aliphatic carbocycles. The molecule has 80 valence electrons. The molecule has 2 unspecified atom stereocenters. The van der Waals surface area contributed by atoms with E-state index >= 15 is 0 Å². The molecule has 3 heteroatoms. The number of carbonyl (C=O) groups excluding carboxylic acids is 1. The first-order valence-electron chi connectivity index (χ1n) is 5.15. The summed E-state index contributed by atoms with van der Waals surface area (Å²) in [6, 6.07) is 10.1. The van der Waals surface area contributed by atoms with Gasteiger partial charge in [0.15, 0.2) is 6.29 Å². The summed E-state index contributed by atoms with van der Waals surface area (Å²) in [5.41, 5.74) is 1.23. The van der Waals surface area contributed by atoms with Crippen molar-refractivity contribution in [2.24, 2.45) is 0 Å². The third kappa shape index (κ3) is 2.88. The zero-order chi connectivity index (χ0) is 10.5. The Morgan fingerprint density at radius 1 is 1.33 bits per heavy atom. The lowest BCUT2D eigenvalue weighted by Gasteiger charge is -2.27. The van der Waals surface area contributed by atoms with E-state index in [0.717, 1.165) is 12.8 Å². The third-order valence-corrected chi connectivity index (χ3v) is 2.47.